The van der Waals surface area contributed by atoms with Gasteiger partial charge < -0.3 is 5.73 Å². The molecule has 2 nitrogen and oxygen atoms in total. The third kappa shape index (κ3) is 2.26. The number of nitrogen functional groups attached to an aromatic ring is 1. The molecule has 0 saturated carbocycles. The summed E-state index contributed by atoms with van der Waals surface area (Å²) in [6, 6.07) is 8.20. The maximum atomic E-state index is 5.74. The third-order valence-electron chi connectivity index (χ3n) is 2.87. The van der Waals surface area contributed by atoms with E-state index < -0.39 is 0 Å². The standard InChI is InChI=1S/C12H18N2/c1-10-5-6-14(8-10)9-11-3-2-4-12(13)7-11/h2-4,7,10H,5-6,8-9,13H2,1H3/t10-/m0/s1. The van der Waals surface area contributed by atoms with Crippen LogP contribution in [0.3, 0.4) is 0 Å². The van der Waals surface area contributed by atoms with Crippen LogP contribution in [0.1, 0.15) is 18.9 Å². The van der Waals surface area contributed by atoms with Crippen LogP contribution >= 0.6 is 0 Å². The molecule has 0 amide bonds. The Morgan fingerprint density at radius 2 is 2.36 bits per heavy atom. The molecule has 2 N–H and O–H groups in total. The van der Waals surface area contributed by atoms with Crippen LogP contribution in [0.4, 0.5) is 5.69 Å². The lowest BCUT2D eigenvalue weighted by Crippen LogP contribution is -2.19. The van der Waals surface area contributed by atoms with E-state index in [-0.39, 0.29) is 0 Å². The van der Waals surface area contributed by atoms with Gasteiger partial charge in [0.25, 0.3) is 0 Å². The molecule has 0 aromatic heterocycles. The quantitative estimate of drug-likeness (QED) is 0.724. The van der Waals surface area contributed by atoms with Crippen molar-refractivity contribution in [2.45, 2.75) is 19.9 Å². The molecule has 1 aliphatic rings. The molecule has 1 saturated heterocycles. The van der Waals surface area contributed by atoms with Gasteiger partial charge in [0.1, 0.15) is 0 Å². The molecule has 2 rings (SSSR count). The van der Waals surface area contributed by atoms with Gasteiger partial charge in [0.2, 0.25) is 0 Å². The smallest absolute Gasteiger partial charge is 0.0317 e. The Bertz CT molecular complexity index is 309. The second-order valence-electron chi connectivity index (χ2n) is 4.37. The lowest BCUT2D eigenvalue weighted by molar-refractivity contribution is 0.320. The molecule has 14 heavy (non-hydrogen) atoms. The summed E-state index contributed by atoms with van der Waals surface area (Å²) in [5.74, 6) is 0.857. The first-order valence-corrected chi connectivity index (χ1v) is 5.31. The van der Waals surface area contributed by atoms with Crippen molar-refractivity contribution >= 4 is 5.69 Å². The fraction of sp³-hybridized carbons (Fsp3) is 0.500. The SMILES string of the molecule is C[C@H]1CCN(Cc2cccc(N)c2)C1. The molecule has 2 heteroatoms. The second kappa shape index (κ2) is 4.01. The van der Waals surface area contributed by atoms with Crippen LogP contribution < -0.4 is 5.73 Å². The van der Waals surface area contributed by atoms with E-state index in [2.05, 4.69) is 24.0 Å². The maximum Gasteiger partial charge on any atom is 0.0317 e. The van der Waals surface area contributed by atoms with E-state index in [0.29, 0.717) is 0 Å². The first kappa shape index (κ1) is 9.53. The molecule has 1 aliphatic heterocycles. The summed E-state index contributed by atoms with van der Waals surface area (Å²) in [4.78, 5) is 2.50. The minimum absolute atomic E-state index is 0.857. The van der Waals surface area contributed by atoms with E-state index in [9.17, 15) is 0 Å². The van der Waals surface area contributed by atoms with Crippen LogP contribution in [0.2, 0.25) is 0 Å². The number of nitrogens with zero attached hydrogens (tertiary/aromatic N) is 1. The fourth-order valence-electron chi connectivity index (χ4n) is 2.12. The number of rotatable bonds is 2. The number of nitrogens with two attached hydrogens (primary N) is 1. The molecule has 1 aromatic rings. The van der Waals surface area contributed by atoms with Gasteiger partial charge in [-0.3, -0.25) is 4.90 Å². The molecule has 0 aliphatic carbocycles. The summed E-state index contributed by atoms with van der Waals surface area (Å²) in [5.41, 5.74) is 7.94. The van der Waals surface area contributed by atoms with Crippen molar-refractivity contribution in [3.05, 3.63) is 29.8 Å². The van der Waals surface area contributed by atoms with Crippen molar-refractivity contribution in [2.24, 2.45) is 5.92 Å². The Morgan fingerprint density at radius 3 is 3.00 bits per heavy atom. The highest BCUT2D eigenvalue weighted by atomic mass is 15.1. The zero-order valence-corrected chi connectivity index (χ0v) is 8.74. The first-order valence-electron chi connectivity index (χ1n) is 5.31. The highest BCUT2D eigenvalue weighted by Gasteiger charge is 2.18. The predicted molar refractivity (Wildman–Crippen MR) is 59.9 cm³/mol. The molecule has 0 radical (unpaired) electrons. The highest BCUT2D eigenvalue weighted by molar-refractivity contribution is 5.40. The summed E-state index contributed by atoms with van der Waals surface area (Å²) in [7, 11) is 0. The molecule has 0 spiro atoms. The average Bonchev–Trinajstić information content (AvgIpc) is 2.51. The summed E-state index contributed by atoms with van der Waals surface area (Å²) >= 11 is 0. The lowest BCUT2D eigenvalue weighted by atomic mass is 10.2. The zero-order chi connectivity index (χ0) is 9.97. The minimum Gasteiger partial charge on any atom is -0.399 e. The van der Waals surface area contributed by atoms with Crippen molar-refractivity contribution in [1.29, 1.82) is 0 Å². The molecule has 0 bridgehead atoms. The van der Waals surface area contributed by atoms with Crippen molar-refractivity contribution < 1.29 is 0 Å². The van der Waals surface area contributed by atoms with Crippen LogP contribution in [0.15, 0.2) is 24.3 Å². The van der Waals surface area contributed by atoms with Gasteiger partial charge in [0, 0.05) is 18.8 Å². The summed E-state index contributed by atoms with van der Waals surface area (Å²) < 4.78 is 0. The normalized spacial score (nSPS) is 22.8. The Labute approximate surface area is 85.7 Å². The molecule has 1 atom stereocenters. The molecule has 1 heterocycles. The number of hydrogen-bond acceptors (Lipinski definition) is 2. The van der Waals surface area contributed by atoms with E-state index >= 15 is 0 Å². The van der Waals surface area contributed by atoms with E-state index in [4.69, 9.17) is 5.73 Å². The van der Waals surface area contributed by atoms with E-state index in [1.165, 1.54) is 25.1 Å². The van der Waals surface area contributed by atoms with Gasteiger partial charge in [-0.15, -0.1) is 0 Å². The molecule has 1 aromatic carbocycles. The van der Waals surface area contributed by atoms with Gasteiger partial charge in [-0.1, -0.05) is 19.1 Å². The number of anilines is 1. The molecule has 76 valence electrons. The monoisotopic (exact) mass is 190 g/mol. The van der Waals surface area contributed by atoms with Gasteiger partial charge in [0.15, 0.2) is 0 Å². The number of hydrogen-bond donors (Lipinski definition) is 1. The van der Waals surface area contributed by atoms with Crippen molar-refractivity contribution in [3.8, 4) is 0 Å². The Hall–Kier alpha value is -1.02. The van der Waals surface area contributed by atoms with Crippen LogP contribution in [0, 0.1) is 5.92 Å². The topological polar surface area (TPSA) is 29.3 Å². The largest absolute Gasteiger partial charge is 0.399 e. The molecular formula is C12H18N2. The Morgan fingerprint density at radius 1 is 1.50 bits per heavy atom. The maximum absolute atomic E-state index is 5.74. The van der Waals surface area contributed by atoms with Crippen LogP contribution in [0.25, 0.3) is 0 Å². The van der Waals surface area contributed by atoms with Gasteiger partial charge in [0.05, 0.1) is 0 Å². The predicted octanol–water partition coefficient (Wildman–Crippen LogP) is 2.11. The van der Waals surface area contributed by atoms with E-state index in [1.807, 2.05) is 12.1 Å². The molecular weight excluding hydrogens is 172 g/mol. The zero-order valence-electron chi connectivity index (χ0n) is 8.74. The lowest BCUT2D eigenvalue weighted by Gasteiger charge is -2.15. The van der Waals surface area contributed by atoms with E-state index in [0.717, 1.165) is 18.2 Å². The average molecular weight is 190 g/mol. The first-order chi connectivity index (χ1) is 6.74. The Kier molecular flexibility index (Phi) is 2.73. The molecule has 1 fully saturated rings. The van der Waals surface area contributed by atoms with Crippen molar-refractivity contribution in [3.63, 3.8) is 0 Å². The van der Waals surface area contributed by atoms with Crippen LogP contribution in [-0.4, -0.2) is 18.0 Å². The number of benzene rings is 1. The fourth-order valence-corrected chi connectivity index (χ4v) is 2.12. The summed E-state index contributed by atoms with van der Waals surface area (Å²) in [6.45, 7) is 5.83. The van der Waals surface area contributed by atoms with E-state index in [1.54, 1.807) is 0 Å². The third-order valence-corrected chi connectivity index (χ3v) is 2.87. The van der Waals surface area contributed by atoms with Gasteiger partial charge in [-0.05, 0) is 36.6 Å². The summed E-state index contributed by atoms with van der Waals surface area (Å²) in [5, 5.41) is 0. The Balaban J connectivity index is 1.97. The van der Waals surface area contributed by atoms with Crippen LogP contribution in [0.5, 0.6) is 0 Å². The van der Waals surface area contributed by atoms with Gasteiger partial charge in [-0.2, -0.15) is 0 Å². The van der Waals surface area contributed by atoms with Crippen molar-refractivity contribution in [1.82, 2.24) is 4.90 Å². The van der Waals surface area contributed by atoms with Gasteiger partial charge >= 0.3 is 0 Å². The summed E-state index contributed by atoms with van der Waals surface area (Å²) in [6.07, 6.45) is 1.34. The highest BCUT2D eigenvalue weighted by Crippen LogP contribution is 2.18. The molecule has 0 unspecified atom stereocenters. The van der Waals surface area contributed by atoms with Crippen LogP contribution in [-0.2, 0) is 6.54 Å². The second-order valence-corrected chi connectivity index (χ2v) is 4.37. The number of likely N-dealkylation sites (tertiary alicyclic amines) is 1. The minimum atomic E-state index is 0.857. The van der Waals surface area contributed by atoms with Crippen molar-refractivity contribution in [2.75, 3.05) is 18.8 Å². The van der Waals surface area contributed by atoms with Gasteiger partial charge in [-0.25, -0.2) is 0 Å².